The summed E-state index contributed by atoms with van der Waals surface area (Å²) in [6.07, 6.45) is 2.54. The molecule has 0 saturated heterocycles. The molecule has 1 heterocycles. The van der Waals surface area contributed by atoms with E-state index in [1.54, 1.807) is 6.92 Å². The summed E-state index contributed by atoms with van der Waals surface area (Å²) in [6, 6.07) is 6.03. The van der Waals surface area contributed by atoms with Crippen LogP contribution in [0.1, 0.15) is 52.5 Å². The number of rotatable bonds is 6. The lowest BCUT2D eigenvalue weighted by Gasteiger charge is -2.27. The number of carbonyl (C=O) groups is 3. The summed E-state index contributed by atoms with van der Waals surface area (Å²) >= 11 is 1.34. The number of aliphatic carboxylic acids is 1. The molecule has 0 radical (unpaired) electrons. The van der Waals surface area contributed by atoms with Crippen molar-refractivity contribution in [2.45, 2.75) is 47.0 Å². The maximum absolute atomic E-state index is 13.3. The van der Waals surface area contributed by atoms with E-state index >= 15 is 0 Å². The largest absolute Gasteiger partial charge is 0.481 e. The number of thiophene rings is 1. The third-order valence-electron chi connectivity index (χ3n) is 7.10. The zero-order chi connectivity index (χ0) is 23.2. The summed E-state index contributed by atoms with van der Waals surface area (Å²) in [5.74, 6) is -2.75. The predicted molar refractivity (Wildman–Crippen MR) is 124 cm³/mol. The highest BCUT2D eigenvalue weighted by atomic mass is 32.1. The van der Waals surface area contributed by atoms with Gasteiger partial charge >= 0.3 is 11.9 Å². The average molecular weight is 456 g/mol. The highest BCUT2D eigenvalue weighted by Gasteiger charge is 2.54. The van der Waals surface area contributed by atoms with Crippen molar-refractivity contribution in [3.05, 3.63) is 39.8 Å². The van der Waals surface area contributed by atoms with Crippen LogP contribution >= 0.6 is 11.3 Å². The Morgan fingerprint density at radius 3 is 2.41 bits per heavy atom. The van der Waals surface area contributed by atoms with Crippen LogP contribution in [0.5, 0.6) is 0 Å². The number of carbonyl (C=O) groups excluding carboxylic acids is 2. The fourth-order valence-electron chi connectivity index (χ4n) is 5.49. The third-order valence-corrected chi connectivity index (χ3v) is 8.12. The second-order valence-corrected chi connectivity index (χ2v) is 10.2. The van der Waals surface area contributed by atoms with Crippen molar-refractivity contribution in [1.29, 1.82) is 0 Å². The minimum atomic E-state index is -0.902. The van der Waals surface area contributed by atoms with Gasteiger partial charge in [0.15, 0.2) is 0 Å². The average Bonchev–Trinajstić information content (AvgIpc) is 3.43. The van der Waals surface area contributed by atoms with Gasteiger partial charge in [0.1, 0.15) is 10.6 Å². The summed E-state index contributed by atoms with van der Waals surface area (Å²) in [4.78, 5) is 39.0. The Labute approximate surface area is 192 Å². The van der Waals surface area contributed by atoms with E-state index in [1.807, 2.05) is 39.0 Å². The van der Waals surface area contributed by atoms with Crippen molar-refractivity contribution in [1.82, 2.24) is 0 Å². The fourth-order valence-corrected chi connectivity index (χ4v) is 6.56. The molecule has 4 rings (SSSR count). The number of nitrogens with one attached hydrogen (secondary N) is 1. The van der Waals surface area contributed by atoms with Crippen molar-refractivity contribution in [2.75, 3.05) is 11.9 Å². The van der Waals surface area contributed by atoms with E-state index in [0.717, 1.165) is 46.4 Å². The van der Waals surface area contributed by atoms with Crippen LogP contribution in [-0.4, -0.2) is 29.6 Å². The summed E-state index contributed by atoms with van der Waals surface area (Å²) in [5.41, 5.74) is 4.27. The van der Waals surface area contributed by atoms with Crippen molar-refractivity contribution in [2.24, 2.45) is 23.7 Å². The Morgan fingerprint density at radius 1 is 1.09 bits per heavy atom. The molecule has 7 heteroatoms. The van der Waals surface area contributed by atoms with Crippen molar-refractivity contribution >= 4 is 34.2 Å². The van der Waals surface area contributed by atoms with Crippen LogP contribution < -0.4 is 5.32 Å². The minimum Gasteiger partial charge on any atom is -0.481 e. The van der Waals surface area contributed by atoms with E-state index in [2.05, 4.69) is 5.32 Å². The smallest absolute Gasteiger partial charge is 0.341 e. The fraction of sp³-hybridized carbons (Fsp3) is 0.480. The van der Waals surface area contributed by atoms with Crippen LogP contribution in [0.15, 0.2) is 18.2 Å². The Morgan fingerprint density at radius 2 is 1.78 bits per heavy atom. The number of carboxylic acid groups (broad SMARTS) is 1. The molecule has 2 aliphatic carbocycles. The molecule has 4 unspecified atom stereocenters. The van der Waals surface area contributed by atoms with E-state index in [0.29, 0.717) is 10.6 Å². The Kier molecular flexibility index (Phi) is 6.12. The maximum atomic E-state index is 13.3. The Bertz CT molecular complexity index is 1090. The molecule has 2 bridgehead atoms. The number of ether oxygens (including phenoxy) is 1. The highest BCUT2D eigenvalue weighted by Crippen LogP contribution is 2.53. The summed E-state index contributed by atoms with van der Waals surface area (Å²) in [6.45, 7) is 7.95. The molecule has 32 heavy (non-hydrogen) atoms. The number of aryl methyl sites for hydroxylation is 3. The first kappa shape index (κ1) is 22.5. The second kappa shape index (κ2) is 8.70. The van der Waals surface area contributed by atoms with Crippen LogP contribution in [0.3, 0.4) is 0 Å². The first-order chi connectivity index (χ1) is 15.2. The van der Waals surface area contributed by atoms with Gasteiger partial charge in [-0.15, -0.1) is 11.3 Å². The summed E-state index contributed by atoms with van der Waals surface area (Å²) in [5, 5.41) is 13.1. The van der Waals surface area contributed by atoms with Crippen LogP contribution in [-0.2, 0) is 14.3 Å². The molecule has 2 saturated carbocycles. The third kappa shape index (κ3) is 3.83. The van der Waals surface area contributed by atoms with E-state index < -0.39 is 23.8 Å². The van der Waals surface area contributed by atoms with Crippen molar-refractivity contribution in [3.8, 4) is 11.1 Å². The molecular formula is C25H29NO5S. The predicted octanol–water partition coefficient (Wildman–Crippen LogP) is 5.20. The molecular weight excluding hydrogens is 426 g/mol. The zero-order valence-corrected chi connectivity index (χ0v) is 19.7. The summed E-state index contributed by atoms with van der Waals surface area (Å²) in [7, 11) is 0. The van der Waals surface area contributed by atoms with Gasteiger partial charge in [-0.05, 0) is 75.5 Å². The van der Waals surface area contributed by atoms with Gasteiger partial charge in [-0.1, -0.05) is 18.2 Å². The maximum Gasteiger partial charge on any atom is 0.341 e. The van der Waals surface area contributed by atoms with E-state index in [-0.39, 0.29) is 24.3 Å². The van der Waals surface area contributed by atoms with Gasteiger partial charge in [-0.2, -0.15) is 0 Å². The SMILES string of the molecule is CCOC(=O)c1c(NC(=O)C2C3CCC(C3)C2C(=O)O)sc(C)c1-c1ccc(C)c(C)c1. The first-order valence-electron chi connectivity index (χ1n) is 11.1. The van der Waals surface area contributed by atoms with Gasteiger partial charge in [-0.3, -0.25) is 9.59 Å². The van der Waals surface area contributed by atoms with Gasteiger partial charge in [-0.25, -0.2) is 4.79 Å². The second-order valence-electron chi connectivity index (χ2n) is 8.97. The normalized spacial score (nSPS) is 23.9. The van der Waals surface area contributed by atoms with Gasteiger partial charge in [0, 0.05) is 10.4 Å². The number of fused-ring (bicyclic) bond motifs is 2. The Hall–Kier alpha value is -2.67. The zero-order valence-electron chi connectivity index (χ0n) is 18.9. The first-order valence-corrected chi connectivity index (χ1v) is 12.0. The molecule has 170 valence electrons. The Balaban J connectivity index is 1.72. The lowest BCUT2D eigenvalue weighted by Crippen LogP contribution is -2.37. The molecule has 2 fully saturated rings. The van der Waals surface area contributed by atoms with E-state index in [9.17, 15) is 19.5 Å². The molecule has 2 N–H and O–H groups in total. The van der Waals surface area contributed by atoms with Gasteiger partial charge in [0.2, 0.25) is 5.91 Å². The molecule has 1 amide bonds. The van der Waals surface area contributed by atoms with Crippen LogP contribution in [0.4, 0.5) is 5.00 Å². The van der Waals surface area contributed by atoms with Gasteiger partial charge < -0.3 is 15.2 Å². The molecule has 6 nitrogen and oxygen atoms in total. The number of amides is 1. The molecule has 2 aromatic rings. The molecule has 0 spiro atoms. The lowest BCUT2D eigenvalue weighted by molar-refractivity contribution is -0.148. The number of hydrogen-bond donors (Lipinski definition) is 2. The van der Waals surface area contributed by atoms with Crippen molar-refractivity contribution < 1.29 is 24.2 Å². The molecule has 1 aromatic heterocycles. The highest BCUT2D eigenvalue weighted by molar-refractivity contribution is 7.17. The topological polar surface area (TPSA) is 92.7 Å². The monoisotopic (exact) mass is 455 g/mol. The number of hydrogen-bond acceptors (Lipinski definition) is 5. The standard InChI is InChI=1S/C25H29NO5S/c1-5-31-25(30)21-18(15-7-6-12(2)13(3)10-15)14(4)32-23(21)26-22(27)19-16-8-9-17(11-16)20(19)24(28)29/h6-7,10,16-17,19-20H,5,8-9,11H2,1-4H3,(H,26,27)(H,28,29). The van der Waals surface area contributed by atoms with Crippen LogP contribution in [0.2, 0.25) is 0 Å². The number of anilines is 1. The minimum absolute atomic E-state index is 0.0638. The number of benzene rings is 1. The molecule has 1 aromatic carbocycles. The molecule has 2 aliphatic rings. The molecule has 0 aliphatic heterocycles. The van der Waals surface area contributed by atoms with E-state index in [1.165, 1.54) is 11.3 Å². The molecule has 4 atom stereocenters. The van der Waals surface area contributed by atoms with Gasteiger partial charge in [0.25, 0.3) is 0 Å². The number of esters is 1. The lowest BCUT2D eigenvalue weighted by atomic mass is 9.78. The van der Waals surface area contributed by atoms with E-state index in [4.69, 9.17) is 4.74 Å². The summed E-state index contributed by atoms with van der Waals surface area (Å²) < 4.78 is 5.34. The van der Waals surface area contributed by atoms with Crippen molar-refractivity contribution in [3.63, 3.8) is 0 Å². The number of carboxylic acids is 1. The van der Waals surface area contributed by atoms with Crippen LogP contribution in [0, 0.1) is 44.4 Å². The van der Waals surface area contributed by atoms with Gasteiger partial charge in [0.05, 0.1) is 18.4 Å². The van der Waals surface area contributed by atoms with Crippen LogP contribution in [0.25, 0.3) is 11.1 Å². The quantitative estimate of drug-likeness (QED) is 0.584.